The molecule has 13 heteroatoms. The van der Waals surface area contributed by atoms with Crippen LogP contribution in [-0.2, 0) is 6.54 Å². The van der Waals surface area contributed by atoms with E-state index >= 15 is 0 Å². The Morgan fingerprint density at radius 2 is 2.10 bits per heavy atom. The quantitative estimate of drug-likeness (QED) is 0.455. The summed E-state index contributed by atoms with van der Waals surface area (Å²) in [5.41, 5.74) is 0.767. The van der Waals surface area contributed by atoms with Crippen LogP contribution in [0.2, 0.25) is 0 Å². The molecule has 154 valence electrons. The number of aromatic amines is 1. The van der Waals surface area contributed by atoms with E-state index in [0.29, 0.717) is 17.4 Å². The molecule has 0 aliphatic heterocycles. The summed E-state index contributed by atoms with van der Waals surface area (Å²) >= 11 is 0. The maximum Gasteiger partial charge on any atom is 0.326 e. The van der Waals surface area contributed by atoms with Crippen molar-refractivity contribution in [2.24, 2.45) is 0 Å². The first kappa shape index (κ1) is 19.2. The highest BCUT2D eigenvalue weighted by atomic mass is 19.2. The van der Waals surface area contributed by atoms with Crippen LogP contribution in [0.3, 0.4) is 0 Å². The van der Waals surface area contributed by atoms with E-state index in [0.717, 1.165) is 6.07 Å². The lowest BCUT2D eigenvalue weighted by atomic mass is 10.1. The zero-order valence-corrected chi connectivity index (χ0v) is 15.8. The van der Waals surface area contributed by atoms with Crippen molar-refractivity contribution in [3.8, 4) is 11.3 Å². The number of hydrogen-bond acceptors (Lipinski definition) is 7. The van der Waals surface area contributed by atoms with Crippen LogP contribution in [0.4, 0.5) is 25.2 Å². The van der Waals surface area contributed by atoms with Crippen LogP contribution in [0, 0.1) is 25.5 Å². The van der Waals surface area contributed by atoms with E-state index in [2.05, 4.69) is 41.3 Å². The first-order valence-electron chi connectivity index (χ1n) is 8.68. The Balaban J connectivity index is 1.42. The van der Waals surface area contributed by atoms with Gasteiger partial charge in [0.15, 0.2) is 29.1 Å². The zero-order valence-electron chi connectivity index (χ0n) is 15.8. The number of amides is 2. The lowest BCUT2D eigenvalue weighted by Crippen LogP contribution is -2.20. The Morgan fingerprint density at radius 3 is 2.87 bits per heavy atom. The Labute approximate surface area is 167 Å². The van der Waals surface area contributed by atoms with Crippen molar-refractivity contribution in [3.63, 3.8) is 0 Å². The highest BCUT2D eigenvalue weighted by Gasteiger charge is 2.16. The molecule has 0 fully saturated rings. The molecule has 4 aromatic rings. The molecule has 0 bridgehead atoms. The van der Waals surface area contributed by atoms with Crippen LogP contribution >= 0.6 is 0 Å². The van der Waals surface area contributed by atoms with Gasteiger partial charge in [0.2, 0.25) is 5.89 Å². The Hall–Kier alpha value is -4.16. The normalized spacial score (nSPS) is 10.9. The van der Waals surface area contributed by atoms with Crippen LogP contribution in [0.5, 0.6) is 0 Å². The van der Waals surface area contributed by atoms with Gasteiger partial charge in [-0.05, 0) is 19.1 Å². The van der Waals surface area contributed by atoms with Crippen LogP contribution < -0.4 is 10.6 Å². The minimum atomic E-state index is -1.01. The number of nitrogens with one attached hydrogen (secondary N) is 3. The van der Waals surface area contributed by atoms with E-state index < -0.39 is 17.7 Å². The number of aromatic nitrogens is 7. The zero-order chi connectivity index (χ0) is 21.3. The number of halogens is 2. The van der Waals surface area contributed by atoms with Gasteiger partial charge in [0.1, 0.15) is 6.54 Å². The molecule has 3 N–H and O–H groups in total. The summed E-state index contributed by atoms with van der Waals surface area (Å²) in [4.78, 5) is 16.3. The van der Waals surface area contributed by atoms with Crippen molar-refractivity contribution in [2.45, 2.75) is 20.4 Å². The first-order chi connectivity index (χ1) is 14.4. The summed E-state index contributed by atoms with van der Waals surface area (Å²) in [7, 11) is 0. The monoisotopic (exact) mass is 415 g/mol. The Kier molecular flexibility index (Phi) is 4.92. The fourth-order valence-electron chi connectivity index (χ4n) is 2.66. The minimum absolute atomic E-state index is 0.00792. The molecule has 0 atom stereocenters. The van der Waals surface area contributed by atoms with Gasteiger partial charge in [-0.3, -0.25) is 15.7 Å². The van der Waals surface area contributed by atoms with E-state index in [4.69, 9.17) is 4.52 Å². The number of hydrogen-bond donors (Lipinski definition) is 3. The van der Waals surface area contributed by atoms with E-state index in [1.165, 1.54) is 22.9 Å². The van der Waals surface area contributed by atoms with E-state index in [-0.39, 0.29) is 29.4 Å². The minimum Gasteiger partial charge on any atom is -0.340 e. The molecule has 30 heavy (non-hydrogen) atoms. The summed E-state index contributed by atoms with van der Waals surface area (Å²) in [6.07, 6.45) is 0. The van der Waals surface area contributed by atoms with Gasteiger partial charge in [0.25, 0.3) is 0 Å². The van der Waals surface area contributed by atoms with Gasteiger partial charge in [-0.1, -0.05) is 16.4 Å². The maximum atomic E-state index is 13.9. The average Bonchev–Trinajstić information content (AvgIpc) is 3.41. The van der Waals surface area contributed by atoms with Crippen LogP contribution in [0.1, 0.15) is 17.4 Å². The fraction of sp³-hybridized carbons (Fsp3) is 0.176. The Bertz CT molecular complexity index is 1210. The van der Waals surface area contributed by atoms with Gasteiger partial charge >= 0.3 is 6.03 Å². The van der Waals surface area contributed by atoms with Gasteiger partial charge in [-0.15, -0.1) is 5.10 Å². The number of carbonyl (C=O) groups is 1. The number of urea groups is 1. The topological polar surface area (TPSA) is 139 Å². The molecule has 2 amide bonds. The second-order valence-electron chi connectivity index (χ2n) is 6.26. The predicted molar refractivity (Wildman–Crippen MR) is 99.5 cm³/mol. The summed E-state index contributed by atoms with van der Waals surface area (Å²) in [6.45, 7) is 3.61. The number of anilines is 2. The second kappa shape index (κ2) is 7.69. The van der Waals surface area contributed by atoms with Crippen molar-refractivity contribution in [1.82, 2.24) is 35.3 Å². The lowest BCUT2D eigenvalue weighted by Gasteiger charge is -2.04. The summed E-state index contributed by atoms with van der Waals surface area (Å²) in [5, 5.41) is 23.1. The smallest absolute Gasteiger partial charge is 0.326 e. The second-order valence-corrected chi connectivity index (χ2v) is 6.26. The molecule has 3 heterocycles. The van der Waals surface area contributed by atoms with Crippen molar-refractivity contribution >= 4 is 17.7 Å². The number of carbonyl (C=O) groups excluding carboxylic acids is 1. The van der Waals surface area contributed by atoms with Crippen molar-refractivity contribution in [3.05, 3.63) is 53.3 Å². The van der Waals surface area contributed by atoms with Gasteiger partial charge in [-0.2, -0.15) is 10.1 Å². The third-order valence-electron chi connectivity index (χ3n) is 4.14. The summed E-state index contributed by atoms with van der Waals surface area (Å²) < 4.78 is 33.7. The number of rotatable bonds is 5. The molecule has 0 radical (unpaired) electrons. The number of benzene rings is 1. The highest BCUT2D eigenvalue weighted by Crippen LogP contribution is 2.24. The molecule has 0 aliphatic rings. The molecule has 0 saturated carbocycles. The molecule has 0 aliphatic carbocycles. The number of nitrogens with zero attached hydrogens (tertiary/aromatic N) is 6. The first-order valence-corrected chi connectivity index (χ1v) is 8.68. The molecule has 1 aromatic carbocycles. The van der Waals surface area contributed by atoms with Crippen molar-refractivity contribution < 1.29 is 18.1 Å². The third-order valence-corrected chi connectivity index (χ3v) is 4.14. The lowest BCUT2D eigenvalue weighted by molar-refractivity contribution is 0.262. The van der Waals surface area contributed by atoms with E-state index in [9.17, 15) is 13.6 Å². The molecular formula is C17H15F2N9O2. The predicted octanol–water partition coefficient (Wildman–Crippen LogP) is 2.64. The maximum absolute atomic E-state index is 13.9. The van der Waals surface area contributed by atoms with Gasteiger partial charge in [0, 0.05) is 18.6 Å². The molecule has 0 unspecified atom stereocenters. The molecule has 3 aromatic heterocycles. The van der Waals surface area contributed by atoms with Crippen LogP contribution in [-0.4, -0.2) is 41.4 Å². The SMILES string of the molecule is Cc1nc(Cn2nnc(NC(=O)Nc3cc(-c4cccc(F)c4F)[nH]n3)c2C)no1. The van der Waals surface area contributed by atoms with Crippen LogP contribution in [0.25, 0.3) is 11.3 Å². The van der Waals surface area contributed by atoms with Gasteiger partial charge < -0.3 is 4.52 Å². The van der Waals surface area contributed by atoms with Crippen molar-refractivity contribution in [2.75, 3.05) is 10.6 Å². The Morgan fingerprint density at radius 1 is 1.27 bits per heavy atom. The molecule has 0 spiro atoms. The average molecular weight is 415 g/mol. The van der Waals surface area contributed by atoms with Crippen molar-refractivity contribution in [1.29, 1.82) is 0 Å². The molecule has 11 nitrogen and oxygen atoms in total. The van der Waals surface area contributed by atoms with E-state index in [1.807, 2.05) is 0 Å². The molecular weight excluding hydrogens is 400 g/mol. The fourth-order valence-corrected chi connectivity index (χ4v) is 2.66. The summed E-state index contributed by atoms with van der Waals surface area (Å²) in [6, 6.07) is 4.51. The molecule has 0 saturated heterocycles. The summed E-state index contributed by atoms with van der Waals surface area (Å²) in [5.74, 6) is -0.815. The number of H-pyrrole nitrogens is 1. The molecule has 4 rings (SSSR count). The standard InChI is InChI=1S/C17H15F2N9O2/c1-8-16(25-27-28(8)7-14-20-9(2)30-26-14)22-17(29)21-13-6-12(23-24-13)10-4-3-5-11(18)15(10)19/h3-6H,7H2,1-2H3,(H3,21,22,23,24,29). The van der Waals surface area contributed by atoms with E-state index in [1.54, 1.807) is 13.8 Å². The largest absolute Gasteiger partial charge is 0.340 e. The highest BCUT2D eigenvalue weighted by molar-refractivity contribution is 5.99. The van der Waals surface area contributed by atoms with Crippen LogP contribution in [0.15, 0.2) is 28.8 Å². The van der Waals surface area contributed by atoms with Gasteiger partial charge in [-0.25, -0.2) is 18.3 Å². The third kappa shape index (κ3) is 3.85. The van der Waals surface area contributed by atoms with Gasteiger partial charge in [0.05, 0.1) is 11.4 Å². The number of aryl methyl sites for hydroxylation is 1.